The van der Waals surface area contributed by atoms with Crippen molar-refractivity contribution in [3.05, 3.63) is 81.2 Å². The molecule has 178 valence electrons. The Morgan fingerprint density at radius 1 is 1.15 bits per heavy atom. The van der Waals surface area contributed by atoms with E-state index in [9.17, 15) is 19.7 Å². The number of ether oxygens (including phenoxy) is 1. The summed E-state index contributed by atoms with van der Waals surface area (Å²) in [4.78, 5) is 35.9. The van der Waals surface area contributed by atoms with Crippen molar-refractivity contribution in [3.8, 4) is 5.75 Å². The van der Waals surface area contributed by atoms with Crippen LogP contribution >= 0.6 is 0 Å². The summed E-state index contributed by atoms with van der Waals surface area (Å²) in [5, 5.41) is 20.8. The number of aromatic nitrogens is 2. The fourth-order valence-electron chi connectivity index (χ4n) is 3.25. The van der Waals surface area contributed by atoms with Gasteiger partial charge in [0.25, 0.3) is 17.5 Å². The number of anilines is 1. The standard InChI is InChI=1S/C24H27N5O5/c1-4-11-25-24(31)22-20(14-28(5-2)27-22)26-23(30)18-8-6-7-17(13-18)15-34-19-9-10-21(29(32)33)16(3)12-19/h6-10,12-14H,4-5,11,15H2,1-3H3,(H,25,31)(H,26,30). The Morgan fingerprint density at radius 2 is 1.94 bits per heavy atom. The maximum atomic E-state index is 12.9. The summed E-state index contributed by atoms with van der Waals surface area (Å²) in [6, 6.07) is 11.4. The minimum atomic E-state index is -0.440. The number of aryl methyl sites for hydroxylation is 2. The first-order valence-corrected chi connectivity index (χ1v) is 11.0. The van der Waals surface area contributed by atoms with Gasteiger partial charge in [0.15, 0.2) is 5.69 Å². The number of benzene rings is 2. The van der Waals surface area contributed by atoms with E-state index in [1.165, 1.54) is 12.1 Å². The van der Waals surface area contributed by atoms with E-state index >= 15 is 0 Å². The second-order valence-corrected chi connectivity index (χ2v) is 7.65. The average Bonchev–Trinajstić information content (AvgIpc) is 3.24. The molecule has 3 aromatic rings. The molecule has 3 rings (SSSR count). The Balaban J connectivity index is 1.71. The van der Waals surface area contributed by atoms with Gasteiger partial charge in [0, 0.05) is 36.5 Å². The molecule has 0 saturated carbocycles. The lowest BCUT2D eigenvalue weighted by Gasteiger charge is -2.09. The first-order chi connectivity index (χ1) is 16.3. The van der Waals surface area contributed by atoms with E-state index < -0.39 is 4.92 Å². The number of nitrogens with zero attached hydrogens (tertiary/aromatic N) is 3. The van der Waals surface area contributed by atoms with Crippen LogP contribution < -0.4 is 15.4 Å². The van der Waals surface area contributed by atoms with Crippen LogP contribution in [0.3, 0.4) is 0 Å². The van der Waals surface area contributed by atoms with Crippen molar-refractivity contribution in [1.82, 2.24) is 15.1 Å². The first-order valence-electron chi connectivity index (χ1n) is 11.0. The van der Waals surface area contributed by atoms with Crippen LogP contribution in [0.4, 0.5) is 11.4 Å². The monoisotopic (exact) mass is 465 g/mol. The van der Waals surface area contributed by atoms with Crippen LogP contribution in [-0.4, -0.2) is 33.1 Å². The number of hydrogen-bond acceptors (Lipinski definition) is 6. The summed E-state index contributed by atoms with van der Waals surface area (Å²) < 4.78 is 7.34. The molecule has 34 heavy (non-hydrogen) atoms. The van der Waals surface area contributed by atoms with Gasteiger partial charge in [-0.25, -0.2) is 0 Å². The highest BCUT2D eigenvalue weighted by atomic mass is 16.6. The molecule has 0 spiro atoms. The van der Waals surface area contributed by atoms with Crippen molar-refractivity contribution in [2.45, 2.75) is 40.3 Å². The highest BCUT2D eigenvalue weighted by molar-refractivity contribution is 6.08. The highest BCUT2D eigenvalue weighted by Crippen LogP contribution is 2.24. The molecular weight excluding hydrogens is 438 g/mol. The van der Waals surface area contributed by atoms with Crippen LogP contribution in [0, 0.1) is 17.0 Å². The Hall–Kier alpha value is -4.21. The number of carbonyl (C=O) groups excluding carboxylic acids is 2. The Labute approximate surface area is 197 Å². The van der Waals surface area contributed by atoms with Crippen molar-refractivity contribution < 1.29 is 19.2 Å². The molecule has 0 unspecified atom stereocenters. The highest BCUT2D eigenvalue weighted by Gasteiger charge is 2.19. The van der Waals surface area contributed by atoms with Crippen LogP contribution in [0.2, 0.25) is 0 Å². The fraction of sp³-hybridized carbons (Fsp3) is 0.292. The molecule has 1 aromatic heterocycles. The Kier molecular flexibility index (Phi) is 7.96. The SMILES string of the molecule is CCCNC(=O)c1nn(CC)cc1NC(=O)c1cccc(COc2ccc([N+](=O)[O-])c(C)c2)c1. The molecule has 0 bridgehead atoms. The summed E-state index contributed by atoms with van der Waals surface area (Å²) in [6.07, 6.45) is 2.42. The number of nitro benzene ring substituents is 1. The van der Waals surface area contributed by atoms with Gasteiger partial charge in [-0.15, -0.1) is 0 Å². The van der Waals surface area contributed by atoms with E-state index in [-0.39, 0.29) is 29.8 Å². The molecular formula is C24H27N5O5. The predicted molar refractivity (Wildman–Crippen MR) is 127 cm³/mol. The summed E-state index contributed by atoms with van der Waals surface area (Å²) in [6.45, 7) is 6.74. The van der Waals surface area contributed by atoms with Crippen LogP contribution in [0.1, 0.15) is 52.2 Å². The lowest BCUT2D eigenvalue weighted by Crippen LogP contribution is -2.26. The quantitative estimate of drug-likeness (QED) is 0.343. The van der Waals surface area contributed by atoms with Gasteiger partial charge >= 0.3 is 0 Å². The van der Waals surface area contributed by atoms with E-state index in [1.807, 2.05) is 19.9 Å². The predicted octanol–water partition coefficient (Wildman–Crippen LogP) is 4.09. The number of amides is 2. The zero-order valence-corrected chi connectivity index (χ0v) is 19.3. The van der Waals surface area contributed by atoms with E-state index in [4.69, 9.17) is 4.74 Å². The molecule has 0 saturated heterocycles. The number of nitro groups is 1. The minimum Gasteiger partial charge on any atom is -0.489 e. The van der Waals surface area contributed by atoms with Gasteiger partial charge in [0.2, 0.25) is 0 Å². The summed E-state index contributed by atoms with van der Waals surface area (Å²) in [7, 11) is 0. The number of carbonyl (C=O) groups is 2. The zero-order valence-electron chi connectivity index (χ0n) is 19.3. The maximum absolute atomic E-state index is 12.9. The van der Waals surface area contributed by atoms with Gasteiger partial charge in [-0.1, -0.05) is 19.1 Å². The Bertz CT molecular complexity index is 1200. The second kappa shape index (κ2) is 11.1. The van der Waals surface area contributed by atoms with Gasteiger partial charge in [-0.2, -0.15) is 5.10 Å². The van der Waals surface area contributed by atoms with Crippen molar-refractivity contribution >= 4 is 23.2 Å². The van der Waals surface area contributed by atoms with Crippen molar-refractivity contribution in [2.75, 3.05) is 11.9 Å². The molecule has 0 aliphatic heterocycles. The molecule has 10 nitrogen and oxygen atoms in total. The van der Waals surface area contributed by atoms with Gasteiger partial charge in [-0.05, 0) is 50.1 Å². The summed E-state index contributed by atoms with van der Waals surface area (Å²) in [5.74, 6) is -0.231. The molecule has 0 fully saturated rings. The summed E-state index contributed by atoms with van der Waals surface area (Å²) >= 11 is 0. The first kappa shape index (κ1) is 24.4. The van der Waals surface area contributed by atoms with E-state index in [0.717, 1.165) is 12.0 Å². The largest absolute Gasteiger partial charge is 0.489 e. The fourth-order valence-corrected chi connectivity index (χ4v) is 3.25. The lowest BCUT2D eigenvalue weighted by atomic mass is 10.1. The average molecular weight is 466 g/mol. The maximum Gasteiger partial charge on any atom is 0.273 e. The molecule has 10 heteroatoms. The molecule has 1 heterocycles. The van der Waals surface area contributed by atoms with E-state index in [2.05, 4.69) is 15.7 Å². The molecule has 2 amide bonds. The van der Waals surface area contributed by atoms with E-state index in [0.29, 0.717) is 35.7 Å². The third-order valence-corrected chi connectivity index (χ3v) is 5.04. The third kappa shape index (κ3) is 5.97. The molecule has 0 radical (unpaired) electrons. The number of hydrogen-bond donors (Lipinski definition) is 2. The van der Waals surface area contributed by atoms with Crippen LogP contribution in [0.5, 0.6) is 5.75 Å². The second-order valence-electron chi connectivity index (χ2n) is 7.65. The number of rotatable bonds is 10. The minimum absolute atomic E-state index is 0.0279. The van der Waals surface area contributed by atoms with Gasteiger partial charge in [-0.3, -0.25) is 24.4 Å². The molecule has 0 atom stereocenters. The van der Waals surface area contributed by atoms with Gasteiger partial charge in [0.1, 0.15) is 12.4 Å². The number of nitrogens with one attached hydrogen (secondary N) is 2. The normalized spacial score (nSPS) is 10.6. The van der Waals surface area contributed by atoms with Crippen molar-refractivity contribution in [3.63, 3.8) is 0 Å². The van der Waals surface area contributed by atoms with E-state index in [1.54, 1.807) is 42.1 Å². The topological polar surface area (TPSA) is 128 Å². The molecule has 0 aliphatic rings. The molecule has 2 N–H and O–H groups in total. The van der Waals surface area contributed by atoms with Gasteiger partial charge in [0.05, 0.1) is 10.6 Å². The Morgan fingerprint density at radius 3 is 2.62 bits per heavy atom. The van der Waals surface area contributed by atoms with Crippen molar-refractivity contribution in [2.24, 2.45) is 0 Å². The molecule has 2 aromatic carbocycles. The lowest BCUT2D eigenvalue weighted by molar-refractivity contribution is -0.385. The van der Waals surface area contributed by atoms with Crippen LogP contribution in [0.15, 0.2) is 48.7 Å². The smallest absolute Gasteiger partial charge is 0.273 e. The summed E-state index contributed by atoms with van der Waals surface area (Å²) in [5.41, 5.74) is 2.17. The zero-order chi connectivity index (χ0) is 24.7. The molecule has 0 aliphatic carbocycles. The van der Waals surface area contributed by atoms with Crippen LogP contribution in [0.25, 0.3) is 0 Å². The third-order valence-electron chi connectivity index (χ3n) is 5.04. The van der Waals surface area contributed by atoms with Crippen molar-refractivity contribution in [1.29, 1.82) is 0 Å². The van der Waals surface area contributed by atoms with Crippen LogP contribution in [-0.2, 0) is 13.2 Å². The van der Waals surface area contributed by atoms with Gasteiger partial charge < -0.3 is 15.4 Å².